The Labute approximate surface area is 115 Å². The highest BCUT2D eigenvalue weighted by atomic mass is 32.2. The molecule has 0 bridgehead atoms. The quantitative estimate of drug-likeness (QED) is 0.810. The van der Waals surface area contributed by atoms with Gasteiger partial charge >= 0.3 is 0 Å². The fourth-order valence-electron chi connectivity index (χ4n) is 1.83. The van der Waals surface area contributed by atoms with E-state index in [1.54, 1.807) is 10.8 Å². The van der Waals surface area contributed by atoms with Gasteiger partial charge in [0.15, 0.2) is 5.65 Å². The van der Waals surface area contributed by atoms with Crippen LogP contribution in [0.3, 0.4) is 0 Å². The molecule has 0 aliphatic rings. The van der Waals surface area contributed by atoms with Crippen LogP contribution in [0.15, 0.2) is 18.5 Å². The topological polar surface area (TPSA) is 59.3 Å². The van der Waals surface area contributed by atoms with Gasteiger partial charge in [-0.2, -0.15) is 5.10 Å². The first-order chi connectivity index (χ1) is 9.06. The zero-order valence-electron chi connectivity index (χ0n) is 11.6. The summed E-state index contributed by atoms with van der Waals surface area (Å²) >= 11 is 0. The van der Waals surface area contributed by atoms with Crippen LogP contribution in [0.4, 0.5) is 0 Å². The van der Waals surface area contributed by atoms with Crippen LogP contribution in [-0.2, 0) is 17.3 Å². The third kappa shape index (κ3) is 3.84. The minimum absolute atomic E-state index is 0.238. The molecule has 104 valence electrons. The van der Waals surface area contributed by atoms with Crippen molar-refractivity contribution < 1.29 is 4.21 Å². The molecular weight excluding hydrogens is 260 g/mol. The standard InChI is InChI=1S/C13H20N4OS/c1-10-6-13-15-8-12(9-17(13)16-10)7-14-5-4-11(2)19(3)18/h6,8-9,11,14H,4-5,7H2,1-3H3. The molecule has 0 aromatic carbocycles. The number of aromatic nitrogens is 3. The van der Waals surface area contributed by atoms with Gasteiger partial charge in [0.25, 0.3) is 0 Å². The van der Waals surface area contributed by atoms with E-state index in [0.29, 0.717) is 0 Å². The lowest BCUT2D eigenvalue weighted by Crippen LogP contribution is -2.21. The molecule has 1 N–H and O–H groups in total. The molecule has 2 rings (SSSR count). The monoisotopic (exact) mass is 280 g/mol. The first kappa shape index (κ1) is 14.1. The molecule has 2 heterocycles. The molecule has 2 unspecified atom stereocenters. The molecule has 0 aliphatic heterocycles. The first-order valence-corrected chi connectivity index (χ1v) is 8.02. The number of aryl methyl sites for hydroxylation is 1. The van der Waals surface area contributed by atoms with Gasteiger partial charge in [-0.3, -0.25) is 4.21 Å². The van der Waals surface area contributed by atoms with Crippen LogP contribution >= 0.6 is 0 Å². The van der Waals surface area contributed by atoms with E-state index >= 15 is 0 Å². The SMILES string of the molecule is Cc1cc2ncc(CNCCC(C)S(C)=O)cn2n1. The summed E-state index contributed by atoms with van der Waals surface area (Å²) in [6, 6.07) is 1.95. The Morgan fingerprint density at radius 2 is 2.32 bits per heavy atom. The second-order valence-corrected chi connectivity index (χ2v) is 6.63. The summed E-state index contributed by atoms with van der Waals surface area (Å²) in [5.74, 6) is 0. The third-order valence-electron chi connectivity index (χ3n) is 3.11. The van der Waals surface area contributed by atoms with Crippen LogP contribution in [-0.4, -0.2) is 36.9 Å². The Bertz CT molecular complexity index is 581. The maximum Gasteiger partial charge on any atom is 0.155 e. The average molecular weight is 280 g/mol. The molecule has 5 nitrogen and oxygen atoms in total. The molecule has 6 heteroatoms. The fourth-order valence-corrected chi connectivity index (χ4v) is 2.28. The van der Waals surface area contributed by atoms with Crippen molar-refractivity contribution in [2.75, 3.05) is 12.8 Å². The number of nitrogens with one attached hydrogen (secondary N) is 1. The number of nitrogens with zero attached hydrogens (tertiary/aromatic N) is 3. The van der Waals surface area contributed by atoms with Gasteiger partial charge in [-0.05, 0) is 19.9 Å². The second-order valence-electron chi connectivity index (χ2n) is 4.83. The van der Waals surface area contributed by atoms with Crippen molar-refractivity contribution in [2.24, 2.45) is 0 Å². The van der Waals surface area contributed by atoms with E-state index in [-0.39, 0.29) is 5.25 Å². The minimum atomic E-state index is -0.741. The van der Waals surface area contributed by atoms with E-state index in [2.05, 4.69) is 15.4 Å². The van der Waals surface area contributed by atoms with Crippen LogP contribution in [0.1, 0.15) is 24.6 Å². The van der Waals surface area contributed by atoms with E-state index in [9.17, 15) is 4.21 Å². The number of hydrogen-bond donors (Lipinski definition) is 1. The summed E-state index contributed by atoms with van der Waals surface area (Å²) in [5.41, 5.74) is 2.94. The number of rotatable bonds is 6. The van der Waals surface area contributed by atoms with Crippen molar-refractivity contribution in [3.8, 4) is 0 Å². The van der Waals surface area contributed by atoms with Gasteiger partial charge in [-0.25, -0.2) is 9.50 Å². The molecule has 0 fully saturated rings. The highest BCUT2D eigenvalue weighted by Gasteiger charge is 2.05. The van der Waals surface area contributed by atoms with Crippen molar-refractivity contribution in [3.63, 3.8) is 0 Å². The number of hydrogen-bond acceptors (Lipinski definition) is 4. The van der Waals surface area contributed by atoms with Crippen LogP contribution < -0.4 is 5.32 Å². The smallest absolute Gasteiger partial charge is 0.155 e. The van der Waals surface area contributed by atoms with E-state index in [1.165, 1.54) is 0 Å². The molecule has 19 heavy (non-hydrogen) atoms. The minimum Gasteiger partial charge on any atom is -0.313 e. The van der Waals surface area contributed by atoms with E-state index < -0.39 is 10.8 Å². The van der Waals surface area contributed by atoms with Gasteiger partial charge in [0.2, 0.25) is 0 Å². The number of fused-ring (bicyclic) bond motifs is 1. The molecule has 0 aliphatic carbocycles. The summed E-state index contributed by atoms with van der Waals surface area (Å²) < 4.78 is 13.0. The second kappa shape index (κ2) is 6.25. The van der Waals surface area contributed by atoms with Gasteiger partial charge in [0.1, 0.15) is 0 Å². The lowest BCUT2D eigenvalue weighted by molar-refractivity contribution is 0.626. The molecule has 0 saturated heterocycles. The molecular formula is C13H20N4OS. The maximum atomic E-state index is 11.2. The summed E-state index contributed by atoms with van der Waals surface area (Å²) in [6.45, 7) is 5.58. The molecule has 0 spiro atoms. The Hall–Kier alpha value is -1.27. The Morgan fingerprint density at radius 3 is 3.05 bits per heavy atom. The van der Waals surface area contributed by atoms with Crippen molar-refractivity contribution in [1.82, 2.24) is 19.9 Å². The van der Waals surface area contributed by atoms with Crippen molar-refractivity contribution in [1.29, 1.82) is 0 Å². The van der Waals surface area contributed by atoms with Crippen LogP contribution in [0.2, 0.25) is 0 Å². The molecule has 0 saturated carbocycles. The summed E-state index contributed by atoms with van der Waals surface area (Å²) in [7, 11) is -0.741. The maximum absolute atomic E-state index is 11.2. The zero-order chi connectivity index (χ0) is 13.8. The van der Waals surface area contributed by atoms with Gasteiger partial charge in [-0.15, -0.1) is 0 Å². The molecule has 2 aromatic rings. The van der Waals surface area contributed by atoms with Gasteiger partial charge < -0.3 is 5.32 Å². The third-order valence-corrected chi connectivity index (χ3v) is 4.48. The molecule has 0 amide bonds. The Kier molecular flexibility index (Phi) is 4.66. The largest absolute Gasteiger partial charge is 0.313 e. The van der Waals surface area contributed by atoms with Gasteiger partial charge in [-0.1, -0.05) is 6.92 Å². The van der Waals surface area contributed by atoms with E-state index in [0.717, 1.165) is 36.4 Å². The summed E-state index contributed by atoms with van der Waals surface area (Å²) in [4.78, 5) is 4.36. The normalized spacial score (nSPS) is 14.7. The molecule has 2 atom stereocenters. The predicted octanol–water partition coefficient (Wildman–Crippen LogP) is 1.28. The van der Waals surface area contributed by atoms with Gasteiger partial charge in [0, 0.05) is 52.9 Å². The van der Waals surface area contributed by atoms with Crippen molar-refractivity contribution >= 4 is 16.4 Å². The fraction of sp³-hybridized carbons (Fsp3) is 0.538. The lowest BCUT2D eigenvalue weighted by atomic mass is 10.3. The highest BCUT2D eigenvalue weighted by Crippen LogP contribution is 2.05. The molecule has 0 radical (unpaired) electrons. The van der Waals surface area contributed by atoms with Gasteiger partial charge in [0.05, 0.1) is 5.69 Å². The summed E-state index contributed by atoms with van der Waals surface area (Å²) in [6.07, 6.45) is 6.52. The summed E-state index contributed by atoms with van der Waals surface area (Å²) in [5, 5.41) is 7.92. The lowest BCUT2D eigenvalue weighted by Gasteiger charge is -2.09. The predicted molar refractivity (Wildman–Crippen MR) is 77.6 cm³/mol. The van der Waals surface area contributed by atoms with E-state index in [1.807, 2.05) is 32.3 Å². The van der Waals surface area contributed by atoms with Crippen molar-refractivity contribution in [3.05, 3.63) is 29.7 Å². The van der Waals surface area contributed by atoms with Crippen molar-refractivity contribution in [2.45, 2.75) is 32.1 Å². The molecule has 2 aromatic heterocycles. The van der Waals surface area contributed by atoms with Crippen LogP contribution in [0.25, 0.3) is 5.65 Å². The average Bonchev–Trinajstić information content (AvgIpc) is 2.73. The first-order valence-electron chi connectivity index (χ1n) is 6.40. The van der Waals surface area contributed by atoms with Crippen LogP contribution in [0.5, 0.6) is 0 Å². The highest BCUT2D eigenvalue weighted by molar-refractivity contribution is 7.84. The zero-order valence-corrected chi connectivity index (χ0v) is 12.4. The van der Waals surface area contributed by atoms with Crippen LogP contribution in [0, 0.1) is 6.92 Å². The Morgan fingerprint density at radius 1 is 1.53 bits per heavy atom. The van der Waals surface area contributed by atoms with E-state index in [4.69, 9.17) is 0 Å². The Balaban J connectivity index is 1.86.